The van der Waals surface area contributed by atoms with E-state index in [1.54, 1.807) is 47.9 Å². The molecule has 4 aromatic rings. The van der Waals surface area contributed by atoms with Crippen LogP contribution in [0.4, 0.5) is 4.39 Å². The van der Waals surface area contributed by atoms with Crippen LogP contribution in [0.1, 0.15) is 22.2 Å². The maximum absolute atomic E-state index is 13.5. The van der Waals surface area contributed by atoms with Gasteiger partial charge in [0, 0.05) is 15.6 Å². The lowest BCUT2D eigenvalue weighted by Crippen LogP contribution is -2.12. The van der Waals surface area contributed by atoms with E-state index in [-0.39, 0.29) is 23.9 Å². The molecule has 0 bridgehead atoms. The molecule has 1 heterocycles. The van der Waals surface area contributed by atoms with Crippen LogP contribution in [0.5, 0.6) is 11.5 Å². The van der Waals surface area contributed by atoms with E-state index in [2.05, 4.69) is 26.1 Å². The zero-order valence-corrected chi connectivity index (χ0v) is 22.9. The molecule has 3 aromatic carbocycles. The summed E-state index contributed by atoms with van der Waals surface area (Å²) in [6, 6.07) is 16.6. The summed E-state index contributed by atoms with van der Waals surface area (Å²) >= 11 is 10.7. The number of aromatic nitrogens is 3. The molecule has 0 aliphatic heterocycles. The van der Waals surface area contributed by atoms with E-state index >= 15 is 0 Å². The van der Waals surface area contributed by atoms with E-state index < -0.39 is 5.25 Å². The largest absolute Gasteiger partial charge is 0.493 e. The van der Waals surface area contributed by atoms with Crippen LogP contribution in [0.25, 0.3) is 5.69 Å². The molecule has 0 amide bonds. The smallest absolute Gasteiger partial charge is 0.220 e. The Labute approximate surface area is 230 Å². The number of methoxy groups -OCH3 is 1. The molecule has 1 aromatic heterocycles. The zero-order chi connectivity index (χ0) is 26.5. The summed E-state index contributed by atoms with van der Waals surface area (Å²) in [7, 11) is 1.50. The molecular weight excluding hydrogens is 587 g/mol. The number of aryl methyl sites for hydroxylation is 1. The van der Waals surface area contributed by atoms with Crippen molar-refractivity contribution in [1.82, 2.24) is 14.8 Å². The van der Waals surface area contributed by atoms with E-state index in [4.69, 9.17) is 21.1 Å². The van der Waals surface area contributed by atoms with Gasteiger partial charge in [0.05, 0.1) is 11.6 Å². The molecule has 0 N–H and O–H groups in total. The highest BCUT2D eigenvalue weighted by Gasteiger charge is 2.26. The van der Waals surface area contributed by atoms with Gasteiger partial charge in [0.25, 0.3) is 0 Å². The summed E-state index contributed by atoms with van der Waals surface area (Å²) in [5, 5.41) is 20.4. The molecule has 0 fully saturated rings. The number of ether oxygens (including phenoxy) is 2. The van der Waals surface area contributed by atoms with Crippen LogP contribution in [0, 0.1) is 22.9 Å². The third-order valence-corrected chi connectivity index (χ3v) is 7.38. The fraction of sp³-hybridized carbons (Fsp3) is 0.200. The van der Waals surface area contributed by atoms with Gasteiger partial charge in [-0.2, -0.15) is 0 Å². The van der Waals surface area contributed by atoms with Gasteiger partial charge in [-0.3, -0.25) is 14.7 Å². The summed E-state index contributed by atoms with van der Waals surface area (Å²) in [5.41, 5.74) is 2.20. The van der Waals surface area contributed by atoms with Gasteiger partial charge in [-0.25, -0.2) is 4.39 Å². The van der Waals surface area contributed by atoms with E-state index in [1.165, 1.54) is 31.0 Å². The van der Waals surface area contributed by atoms with Gasteiger partial charge < -0.3 is 9.47 Å². The predicted molar refractivity (Wildman–Crippen MR) is 143 cm³/mol. The second-order valence-electron chi connectivity index (χ2n) is 7.91. The number of rotatable bonds is 10. The molecule has 0 aliphatic carbocycles. The molecule has 0 radical (unpaired) electrons. The Kier molecular flexibility index (Phi) is 8.67. The van der Waals surface area contributed by atoms with Crippen LogP contribution in [0.3, 0.4) is 0 Å². The summed E-state index contributed by atoms with van der Waals surface area (Å²) in [6.07, 6.45) is 0. The highest BCUT2D eigenvalue weighted by atomic mass is 79.9. The second-order valence-corrected chi connectivity index (χ2v) is 10.4. The van der Waals surface area contributed by atoms with E-state index in [1.807, 2.05) is 12.1 Å². The third kappa shape index (κ3) is 6.60. The number of nitro groups is 1. The predicted octanol–water partition coefficient (Wildman–Crippen LogP) is 6.83. The lowest BCUT2D eigenvalue weighted by molar-refractivity contribution is -0.479. The topological polar surface area (TPSA) is 92.3 Å². The Bertz CT molecular complexity index is 1400. The molecule has 0 saturated carbocycles. The van der Waals surface area contributed by atoms with Gasteiger partial charge in [-0.1, -0.05) is 35.5 Å². The number of hydrogen-bond acceptors (Lipinski definition) is 7. The fourth-order valence-electron chi connectivity index (χ4n) is 3.58. The molecular formula is C25H21BrClFN4O4S. The minimum absolute atomic E-state index is 0.276. The van der Waals surface area contributed by atoms with E-state index in [9.17, 15) is 14.5 Å². The van der Waals surface area contributed by atoms with Crippen molar-refractivity contribution >= 4 is 39.3 Å². The average molecular weight is 608 g/mol. The van der Waals surface area contributed by atoms with Gasteiger partial charge in [-0.05, 0) is 82.5 Å². The second kappa shape index (κ2) is 11.9. The molecule has 1 atom stereocenters. The Morgan fingerprint density at radius 1 is 1.16 bits per heavy atom. The highest BCUT2D eigenvalue weighted by molar-refractivity contribution is 9.10. The first-order chi connectivity index (χ1) is 17.7. The number of halogens is 3. The van der Waals surface area contributed by atoms with Crippen molar-refractivity contribution in [3.63, 3.8) is 0 Å². The molecule has 4 rings (SSSR count). The lowest BCUT2D eigenvalue weighted by atomic mass is 10.1. The zero-order valence-electron chi connectivity index (χ0n) is 19.7. The summed E-state index contributed by atoms with van der Waals surface area (Å²) in [6.45, 7) is 1.66. The van der Waals surface area contributed by atoms with Gasteiger partial charge in [-0.15, -0.1) is 10.2 Å². The molecule has 0 aliphatic rings. The molecule has 0 saturated heterocycles. The van der Waals surface area contributed by atoms with Crippen molar-refractivity contribution in [2.24, 2.45) is 0 Å². The standard InChI is InChI=1S/C25H21BrClFN4O4S/c1-15-29-30-25(32(15)20-9-7-19(28)8-10-20)37-23(13-31(33)34)17-11-21(26)24(22(12-17)35-2)36-14-16-3-5-18(27)6-4-16/h3-12,23H,13-14H2,1-2H3/t23-/m0/s1. The minimum Gasteiger partial charge on any atom is -0.493 e. The molecule has 8 nitrogen and oxygen atoms in total. The van der Waals surface area contributed by atoms with E-state index in [0.29, 0.717) is 43.2 Å². The molecule has 192 valence electrons. The number of nitrogens with zero attached hydrogens (tertiary/aromatic N) is 4. The minimum atomic E-state index is -0.631. The van der Waals surface area contributed by atoms with Crippen LogP contribution in [0.2, 0.25) is 5.02 Å². The Morgan fingerprint density at radius 3 is 2.51 bits per heavy atom. The average Bonchev–Trinajstić information content (AvgIpc) is 3.23. The molecule has 0 spiro atoms. The first-order valence-corrected chi connectivity index (χ1v) is 13.0. The van der Waals surface area contributed by atoms with Crippen LogP contribution in [0.15, 0.2) is 70.3 Å². The van der Waals surface area contributed by atoms with Crippen LogP contribution < -0.4 is 9.47 Å². The maximum Gasteiger partial charge on any atom is 0.220 e. The lowest BCUT2D eigenvalue weighted by Gasteiger charge is -2.18. The van der Waals surface area contributed by atoms with Gasteiger partial charge in [0.2, 0.25) is 6.54 Å². The molecule has 12 heteroatoms. The van der Waals surface area contributed by atoms with Crippen LogP contribution in [-0.2, 0) is 6.61 Å². The maximum atomic E-state index is 13.5. The van der Waals surface area contributed by atoms with Gasteiger partial charge >= 0.3 is 0 Å². The van der Waals surface area contributed by atoms with Gasteiger partial charge in [0.15, 0.2) is 16.7 Å². The Morgan fingerprint density at radius 2 is 1.86 bits per heavy atom. The van der Waals surface area contributed by atoms with Gasteiger partial charge in [0.1, 0.15) is 23.5 Å². The number of thioether (sulfide) groups is 1. The first-order valence-electron chi connectivity index (χ1n) is 11.0. The first kappa shape index (κ1) is 26.9. The molecule has 37 heavy (non-hydrogen) atoms. The Hall–Kier alpha value is -3.15. The van der Waals surface area contributed by atoms with Crippen molar-refractivity contribution in [3.8, 4) is 17.2 Å². The number of benzene rings is 3. The van der Waals surface area contributed by atoms with E-state index in [0.717, 1.165) is 5.56 Å². The van der Waals surface area contributed by atoms with Crippen molar-refractivity contribution < 1.29 is 18.8 Å². The summed E-state index contributed by atoms with van der Waals surface area (Å²) < 4.78 is 27.3. The van der Waals surface area contributed by atoms with Crippen molar-refractivity contribution in [2.75, 3.05) is 13.7 Å². The van der Waals surface area contributed by atoms with Crippen molar-refractivity contribution in [3.05, 3.63) is 103 Å². The number of hydrogen-bond donors (Lipinski definition) is 0. The summed E-state index contributed by atoms with van der Waals surface area (Å²) in [5.74, 6) is 1.09. The Balaban J connectivity index is 1.64. The van der Waals surface area contributed by atoms with Crippen molar-refractivity contribution in [1.29, 1.82) is 0 Å². The highest BCUT2D eigenvalue weighted by Crippen LogP contribution is 2.43. The normalized spacial score (nSPS) is 11.8. The van der Waals surface area contributed by atoms with Crippen LogP contribution >= 0.6 is 39.3 Å². The SMILES string of the molecule is COc1cc([C@H](C[N+](=O)[O-])Sc2nnc(C)n2-c2ccc(F)cc2)cc(Br)c1OCc1ccc(Cl)cc1. The van der Waals surface area contributed by atoms with Crippen LogP contribution in [-0.4, -0.2) is 33.3 Å². The summed E-state index contributed by atoms with van der Waals surface area (Å²) in [4.78, 5) is 11.2. The fourth-order valence-corrected chi connectivity index (χ4v) is 5.44. The van der Waals surface area contributed by atoms with Crippen molar-refractivity contribution in [2.45, 2.75) is 23.9 Å². The third-order valence-electron chi connectivity index (χ3n) is 5.36. The molecule has 0 unspecified atom stereocenters. The monoisotopic (exact) mass is 606 g/mol. The quantitative estimate of drug-likeness (QED) is 0.111.